The highest BCUT2D eigenvalue weighted by atomic mass is 19.1. The maximum Gasteiger partial charge on any atom is 0.254 e. The number of hydrogen-bond acceptors (Lipinski definition) is 2. The molecule has 96 valence electrons. The molecule has 0 radical (unpaired) electrons. The van der Waals surface area contributed by atoms with Gasteiger partial charge in [0.15, 0.2) is 0 Å². The van der Waals surface area contributed by atoms with Gasteiger partial charge in [0.05, 0.1) is 13.1 Å². The summed E-state index contributed by atoms with van der Waals surface area (Å²) < 4.78 is 13.2. The molecule has 1 aromatic carbocycles. The first-order valence-corrected chi connectivity index (χ1v) is 6.27. The van der Waals surface area contributed by atoms with Crippen LogP contribution in [0.25, 0.3) is 0 Å². The van der Waals surface area contributed by atoms with Crippen molar-refractivity contribution in [2.45, 2.75) is 25.4 Å². The monoisotopic (exact) mass is 249 g/mol. The van der Waals surface area contributed by atoms with Crippen molar-refractivity contribution < 1.29 is 14.3 Å². The van der Waals surface area contributed by atoms with Crippen LogP contribution in [-0.2, 0) is 0 Å². The van der Waals surface area contributed by atoms with E-state index < -0.39 is 11.4 Å². The van der Waals surface area contributed by atoms with Gasteiger partial charge in [0, 0.05) is 5.56 Å². The summed E-state index contributed by atoms with van der Waals surface area (Å²) in [6, 6.07) is 4.33. The molecule has 3 rings (SSSR count). The van der Waals surface area contributed by atoms with Gasteiger partial charge in [0.2, 0.25) is 0 Å². The molecule has 1 amide bonds. The quantitative estimate of drug-likeness (QED) is 0.867. The fourth-order valence-corrected chi connectivity index (χ4v) is 2.68. The number of carbonyl (C=O) groups excluding carboxylic acids is 1. The number of rotatable bonds is 2. The molecule has 3 nitrogen and oxygen atoms in total. The van der Waals surface area contributed by atoms with Crippen LogP contribution in [0.15, 0.2) is 18.2 Å². The second-order valence-corrected chi connectivity index (χ2v) is 5.56. The summed E-state index contributed by atoms with van der Waals surface area (Å²) >= 11 is 0. The zero-order chi connectivity index (χ0) is 12.9. The molecule has 4 heteroatoms. The predicted molar refractivity (Wildman–Crippen MR) is 64.7 cm³/mol. The molecule has 2 aliphatic rings. The highest BCUT2D eigenvalue weighted by molar-refractivity contribution is 5.95. The fraction of sp³-hybridized carbons (Fsp3) is 0.500. The lowest BCUT2D eigenvalue weighted by Crippen LogP contribution is -2.64. The Balaban J connectivity index is 1.72. The average molecular weight is 249 g/mol. The molecule has 0 unspecified atom stereocenters. The number of aryl methyl sites for hydroxylation is 1. The molecule has 1 saturated carbocycles. The van der Waals surface area contributed by atoms with E-state index in [1.54, 1.807) is 17.9 Å². The van der Waals surface area contributed by atoms with Crippen LogP contribution in [0.2, 0.25) is 0 Å². The Labute approximate surface area is 105 Å². The summed E-state index contributed by atoms with van der Waals surface area (Å²) in [5.41, 5.74) is 0.416. The van der Waals surface area contributed by atoms with Gasteiger partial charge in [-0.1, -0.05) is 0 Å². The average Bonchev–Trinajstić information content (AvgIpc) is 3.06. The van der Waals surface area contributed by atoms with Crippen LogP contribution in [0.4, 0.5) is 4.39 Å². The van der Waals surface area contributed by atoms with Gasteiger partial charge >= 0.3 is 0 Å². The molecule has 0 aromatic heterocycles. The first kappa shape index (κ1) is 11.7. The van der Waals surface area contributed by atoms with E-state index in [0.29, 0.717) is 24.6 Å². The molecule has 1 aliphatic heterocycles. The minimum absolute atomic E-state index is 0.192. The van der Waals surface area contributed by atoms with Crippen molar-refractivity contribution >= 4 is 5.91 Å². The standard InChI is InChI=1S/C14H16FNO2/c1-9-4-10(6-12(15)5-9)13(17)16-7-14(18,8-16)11-2-3-11/h4-6,11,18H,2-3,7-8H2,1H3. The van der Waals surface area contributed by atoms with Gasteiger partial charge in [0.25, 0.3) is 5.91 Å². The number of amides is 1. The minimum Gasteiger partial charge on any atom is -0.386 e. The molecule has 0 spiro atoms. The molecule has 1 heterocycles. The zero-order valence-electron chi connectivity index (χ0n) is 10.3. The van der Waals surface area contributed by atoms with Gasteiger partial charge < -0.3 is 10.0 Å². The number of halogens is 1. The molecule has 1 aliphatic carbocycles. The van der Waals surface area contributed by atoms with Crippen LogP contribution >= 0.6 is 0 Å². The van der Waals surface area contributed by atoms with E-state index in [4.69, 9.17) is 0 Å². The van der Waals surface area contributed by atoms with Crippen molar-refractivity contribution in [2.24, 2.45) is 5.92 Å². The summed E-state index contributed by atoms with van der Waals surface area (Å²) in [7, 11) is 0. The zero-order valence-corrected chi connectivity index (χ0v) is 10.3. The van der Waals surface area contributed by atoms with Crippen molar-refractivity contribution in [1.29, 1.82) is 0 Å². The van der Waals surface area contributed by atoms with Gasteiger partial charge in [-0.3, -0.25) is 4.79 Å². The highest BCUT2D eigenvalue weighted by Gasteiger charge is 2.53. The Morgan fingerprint density at radius 3 is 2.61 bits per heavy atom. The number of carbonyl (C=O) groups is 1. The van der Waals surface area contributed by atoms with Crippen LogP contribution < -0.4 is 0 Å². The summed E-state index contributed by atoms with van der Waals surface area (Å²) in [5.74, 6) is -0.227. The van der Waals surface area contributed by atoms with Crippen LogP contribution in [0.1, 0.15) is 28.8 Å². The Morgan fingerprint density at radius 1 is 1.39 bits per heavy atom. The second-order valence-electron chi connectivity index (χ2n) is 5.56. The normalized spacial score (nSPS) is 21.6. The third-order valence-corrected chi connectivity index (χ3v) is 3.84. The van der Waals surface area contributed by atoms with E-state index in [9.17, 15) is 14.3 Å². The maximum atomic E-state index is 13.2. The highest BCUT2D eigenvalue weighted by Crippen LogP contribution is 2.44. The number of aliphatic hydroxyl groups is 1. The Hall–Kier alpha value is -1.42. The molecule has 18 heavy (non-hydrogen) atoms. The predicted octanol–water partition coefficient (Wildman–Crippen LogP) is 1.73. The van der Waals surface area contributed by atoms with Gasteiger partial charge in [-0.2, -0.15) is 0 Å². The van der Waals surface area contributed by atoms with Gasteiger partial charge in [-0.25, -0.2) is 4.39 Å². The van der Waals surface area contributed by atoms with Gasteiger partial charge in [-0.15, -0.1) is 0 Å². The number of likely N-dealkylation sites (tertiary alicyclic amines) is 1. The van der Waals surface area contributed by atoms with Gasteiger partial charge in [0.1, 0.15) is 11.4 Å². The molecule has 2 fully saturated rings. The third-order valence-electron chi connectivity index (χ3n) is 3.84. The SMILES string of the molecule is Cc1cc(F)cc(C(=O)N2CC(O)(C3CC3)C2)c1. The number of hydrogen-bond donors (Lipinski definition) is 1. The number of benzene rings is 1. The molecular formula is C14H16FNO2. The van der Waals surface area contributed by atoms with Gasteiger partial charge in [-0.05, 0) is 49.4 Å². The van der Waals surface area contributed by atoms with Crippen LogP contribution in [0, 0.1) is 18.7 Å². The summed E-state index contributed by atoms with van der Waals surface area (Å²) in [5, 5.41) is 10.2. The van der Waals surface area contributed by atoms with Crippen molar-refractivity contribution in [3.63, 3.8) is 0 Å². The fourth-order valence-electron chi connectivity index (χ4n) is 2.68. The van der Waals surface area contributed by atoms with E-state index in [0.717, 1.165) is 18.4 Å². The van der Waals surface area contributed by atoms with E-state index in [1.165, 1.54) is 12.1 Å². The summed E-state index contributed by atoms with van der Waals surface area (Å²) in [6.45, 7) is 2.52. The molecule has 1 N–H and O–H groups in total. The maximum absolute atomic E-state index is 13.2. The molecular weight excluding hydrogens is 233 g/mol. The number of β-amino-alcohol motifs (C(OH)–C–C–N with tert-alkyl or cyclic N) is 1. The molecule has 0 bridgehead atoms. The van der Waals surface area contributed by atoms with E-state index >= 15 is 0 Å². The topological polar surface area (TPSA) is 40.5 Å². The van der Waals surface area contributed by atoms with E-state index in [1.807, 2.05) is 0 Å². The summed E-state index contributed by atoms with van der Waals surface area (Å²) in [6.07, 6.45) is 2.11. The molecule has 0 atom stereocenters. The minimum atomic E-state index is -0.683. The largest absolute Gasteiger partial charge is 0.386 e. The van der Waals surface area contributed by atoms with Crippen molar-refractivity contribution in [2.75, 3.05) is 13.1 Å². The third kappa shape index (κ3) is 1.90. The van der Waals surface area contributed by atoms with Crippen molar-refractivity contribution in [3.8, 4) is 0 Å². The molecule has 1 saturated heterocycles. The van der Waals surface area contributed by atoms with Crippen molar-refractivity contribution in [1.82, 2.24) is 4.90 Å². The van der Waals surface area contributed by atoms with Crippen molar-refractivity contribution in [3.05, 3.63) is 35.1 Å². The number of nitrogens with zero attached hydrogens (tertiary/aromatic N) is 1. The summed E-state index contributed by atoms with van der Waals surface area (Å²) in [4.78, 5) is 13.7. The van der Waals surface area contributed by atoms with Crippen LogP contribution in [0.3, 0.4) is 0 Å². The lowest BCUT2D eigenvalue weighted by Gasteiger charge is -2.47. The second kappa shape index (κ2) is 3.79. The Morgan fingerprint density at radius 2 is 2.06 bits per heavy atom. The van der Waals surface area contributed by atoms with Crippen LogP contribution in [0.5, 0.6) is 0 Å². The Kier molecular flexibility index (Phi) is 2.45. The van der Waals surface area contributed by atoms with Crippen LogP contribution in [-0.4, -0.2) is 34.6 Å². The van der Waals surface area contributed by atoms with E-state index in [2.05, 4.69) is 0 Å². The first-order chi connectivity index (χ1) is 8.48. The lowest BCUT2D eigenvalue weighted by molar-refractivity contribution is -0.0958. The lowest BCUT2D eigenvalue weighted by atomic mass is 9.88. The smallest absolute Gasteiger partial charge is 0.254 e. The molecule has 1 aromatic rings. The Bertz CT molecular complexity index is 484. The first-order valence-electron chi connectivity index (χ1n) is 6.27. The van der Waals surface area contributed by atoms with E-state index in [-0.39, 0.29) is 5.91 Å².